The van der Waals surface area contributed by atoms with Gasteiger partial charge in [-0.3, -0.25) is 0 Å². The summed E-state index contributed by atoms with van der Waals surface area (Å²) < 4.78 is 0. The fraction of sp³-hybridized carbons (Fsp3) is 1.00. The van der Waals surface area contributed by atoms with Crippen LogP contribution in [-0.2, 0) is 0 Å². The molecule has 0 aliphatic heterocycles. The first-order chi connectivity index (χ1) is 12.3. The van der Waals surface area contributed by atoms with Crippen LogP contribution in [-0.4, -0.2) is 11.2 Å². The van der Waals surface area contributed by atoms with Crippen LogP contribution in [0.5, 0.6) is 0 Å². The highest BCUT2D eigenvalue weighted by atomic mass is 16.3. The fourth-order valence-electron chi connectivity index (χ4n) is 9.05. The van der Waals surface area contributed by atoms with Crippen LogP contribution in [0.3, 0.4) is 0 Å². The van der Waals surface area contributed by atoms with Crippen molar-refractivity contribution in [1.29, 1.82) is 0 Å². The molecule has 0 amide bonds. The van der Waals surface area contributed by atoms with Crippen molar-refractivity contribution >= 4 is 0 Å². The molecule has 4 aliphatic rings. The second-order valence-electron chi connectivity index (χ2n) is 11.6. The average Bonchev–Trinajstić information content (AvgIpc) is 2.96. The van der Waals surface area contributed by atoms with Crippen molar-refractivity contribution in [2.75, 3.05) is 0 Å². The molecule has 10 atom stereocenters. The van der Waals surface area contributed by atoms with Crippen LogP contribution in [0, 0.1) is 52.3 Å². The molecule has 0 saturated heterocycles. The van der Waals surface area contributed by atoms with E-state index in [2.05, 4.69) is 34.6 Å². The van der Waals surface area contributed by atoms with Crippen molar-refractivity contribution in [2.24, 2.45) is 52.3 Å². The summed E-state index contributed by atoms with van der Waals surface area (Å²) in [5, 5.41) is 11.5. The Morgan fingerprint density at radius 1 is 1.00 bits per heavy atom. The van der Waals surface area contributed by atoms with Crippen LogP contribution in [0.1, 0.15) is 98.8 Å². The maximum atomic E-state index is 11.5. The van der Waals surface area contributed by atoms with Gasteiger partial charge in [-0.05, 0) is 97.2 Å². The van der Waals surface area contributed by atoms with Crippen molar-refractivity contribution in [3.8, 4) is 0 Å². The van der Waals surface area contributed by atoms with Crippen LogP contribution in [0.15, 0.2) is 0 Å². The molecule has 1 heteroatoms. The monoisotopic (exact) mass is 360 g/mol. The molecule has 4 aliphatic carbocycles. The summed E-state index contributed by atoms with van der Waals surface area (Å²) in [5.41, 5.74) is 0.714. The molecule has 4 unspecified atom stereocenters. The van der Waals surface area contributed by atoms with Crippen molar-refractivity contribution in [3.05, 3.63) is 0 Å². The van der Waals surface area contributed by atoms with Gasteiger partial charge in [0.1, 0.15) is 0 Å². The fourth-order valence-corrected chi connectivity index (χ4v) is 9.05. The van der Waals surface area contributed by atoms with E-state index in [4.69, 9.17) is 0 Å². The predicted octanol–water partition coefficient (Wildman–Crippen LogP) is 6.69. The summed E-state index contributed by atoms with van der Waals surface area (Å²) in [7, 11) is 0. The topological polar surface area (TPSA) is 20.2 Å². The molecule has 0 spiro atoms. The zero-order chi connectivity index (χ0) is 18.7. The molecule has 4 rings (SSSR count). The van der Waals surface area contributed by atoms with Gasteiger partial charge in [0.05, 0.1) is 6.10 Å². The molecular formula is C25H44O. The molecule has 0 aromatic heterocycles. The Kier molecular flexibility index (Phi) is 5.03. The van der Waals surface area contributed by atoms with E-state index in [0.29, 0.717) is 5.41 Å². The Hall–Kier alpha value is -0.0400. The van der Waals surface area contributed by atoms with E-state index in [9.17, 15) is 5.11 Å². The first-order valence-corrected chi connectivity index (χ1v) is 12.0. The van der Waals surface area contributed by atoms with Crippen LogP contribution < -0.4 is 0 Å². The summed E-state index contributed by atoms with van der Waals surface area (Å²) in [6, 6.07) is 0. The third-order valence-corrected chi connectivity index (χ3v) is 10.5. The van der Waals surface area contributed by atoms with E-state index in [-0.39, 0.29) is 11.5 Å². The van der Waals surface area contributed by atoms with E-state index >= 15 is 0 Å². The smallest absolute Gasteiger partial charge is 0.0602 e. The minimum Gasteiger partial charge on any atom is -0.393 e. The van der Waals surface area contributed by atoms with Crippen LogP contribution in [0.4, 0.5) is 0 Å². The van der Waals surface area contributed by atoms with E-state index in [1.165, 1.54) is 57.8 Å². The third kappa shape index (κ3) is 2.66. The molecule has 1 N–H and O–H groups in total. The van der Waals surface area contributed by atoms with Gasteiger partial charge in [0, 0.05) is 0 Å². The summed E-state index contributed by atoms with van der Waals surface area (Å²) in [6.07, 6.45) is 13.7. The number of aliphatic hydroxyl groups excluding tert-OH is 1. The summed E-state index contributed by atoms with van der Waals surface area (Å²) in [4.78, 5) is 0. The lowest BCUT2D eigenvalue weighted by molar-refractivity contribution is -0.171. The zero-order valence-corrected chi connectivity index (χ0v) is 18.1. The normalized spacial score (nSPS) is 54.9. The molecule has 0 aromatic carbocycles. The highest BCUT2D eigenvalue weighted by Gasteiger charge is 2.63. The second kappa shape index (κ2) is 6.78. The SMILES string of the molecule is CCC[C@@H](C)C1CCC2C3CC[C@@H]4C[C@H](C)CC[C@]4(C)C3C[C@H](O)[C@@]21C. The third-order valence-electron chi connectivity index (χ3n) is 10.5. The highest BCUT2D eigenvalue weighted by Crippen LogP contribution is 2.68. The van der Waals surface area contributed by atoms with Crippen LogP contribution in [0.2, 0.25) is 0 Å². The molecule has 4 fully saturated rings. The van der Waals surface area contributed by atoms with Crippen LogP contribution >= 0.6 is 0 Å². The van der Waals surface area contributed by atoms with Crippen molar-refractivity contribution < 1.29 is 5.11 Å². The quantitative estimate of drug-likeness (QED) is 0.594. The lowest BCUT2D eigenvalue weighted by Crippen LogP contribution is -2.58. The maximum Gasteiger partial charge on any atom is 0.0602 e. The van der Waals surface area contributed by atoms with E-state index in [1.54, 1.807) is 0 Å². The van der Waals surface area contributed by atoms with E-state index < -0.39 is 0 Å². The predicted molar refractivity (Wildman–Crippen MR) is 110 cm³/mol. The van der Waals surface area contributed by atoms with Crippen LogP contribution in [0.25, 0.3) is 0 Å². The zero-order valence-electron chi connectivity index (χ0n) is 18.1. The van der Waals surface area contributed by atoms with Gasteiger partial charge in [-0.2, -0.15) is 0 Å². The Balaban J connectivity index is 1.61. The van der Waals surface area contributed by atoms with Gasteiger partial charge < -0.3 is 5.11 Å². The molecule has 4 saturated carbocycles. The largest absolute Gasteiger partial charge is 0.393 e. The van der Waals surface area contributed by atoms with Gasteiger partial charge >= 0.3 is 0 Å². The van der Waals surface area contributed by atoms with Gasteiger partial charge in [0.25, 0.3) is 0 Å². The van der Waals surface area contributed by atoms with E-state index in [0.717, 1.165) is 47.8 Å². The Labute approximate surface area is 162 Å². The number of hydrogen-bond acceptors (Lipinski definition) is 1. The Morgan fingerprint density at radius 2 is 1.77 bits per heavy atom. The molecule has 26 heavy (non-hydrogen) atoms. The lowest BCUT2D eigenvalue weighted by atomic mass is 9.43. The average molecular weight is 361 g/mol. The van der Waals surface area contributed by atoms with Gasteiger partial charge in [-0.25, -0.2) is 0 Å². The number of hydrogen-bond donors (Lipinski definition) is 1. The molecular weight excluding hydrogens is 316 g/mol. The number of rotatable bonds is 3. The van der Waals surface area contributed by atoms with Crippen molar-refractivity contribution in [2.45, 2.75) is 105 Å². The van der Waals surface area contributed by atoms with E-state index in [1.807, 2.05) is 0 Å². The minimum absolute atomic E-state index is 0.0597. The molecule has 0 bridgehead atoms. The van der Waals surface area contributed by atoms with Crippen molar-refractivity contribution in [1.82, 2.24) is 0 Å². The molecule has 0 heterocycles. The van der Waals surface area contributed by atoms with Gasteiger partial charge in [-0.15, -0.1) is 0 Å². The van der Waals surface area contributed by atoms with Crippen molar-refractivity contribution in [3.63, 3.8) is 0 Å². The highest BCUT2D eigenvalue weighted by molar-refractivity contribution is 5.12. The van der Waals surface area contributed by atoms with Gasteiger partial charge in [0.2, 0.25) is 0 Å². The van der Waals surface area contributed by atoms with Gasteiger partial charge in [0.15, 0.2) is 0 Å². The molecule has 150 valence electrons. The molecule has 0 radical (unpaired) electrons. The summed E-state index contributed by atoms with van der Waals surface area (Å²) in [6.45, 7) is 12.4. The summed E-state index contributed by atoms with van der Waals surface area (Å²) >= 11 is 0. The molecule has 1 nitrogen and oxygen atoms in total. The first kappa shape index (κ1) is 19.3. The number of fused-ring (bicyclic) bond motifs is 5. The number of aliphatic hydroxyl groups is 1. The first-order valence-electron chi connectivity index (χ1n) is 12.0. The minimum atomic E-state index is -0.0597. The second-order valence-corrected chi connectivity index (χ2v) is 11.6. The Bertz CT molecular complexity index is 514. The van der Waals surface area contributed by atoms with Gasteiger partial charge in [-0.1, -0.05) is 53.9 Å². The Morgan fingerprint density at radius 3 is 2.50 bits per heavy atom. The summed E-state index contributed by atoms with van der Waals surface area (Å²) in [5.74, 6) is 5.87. The molecule has 0 aromatic rings. The standard InChI is InChI=1S/C25H44O/c1-6-7-17(3)20-10-11-21-19-9-8-18-14-16(2)12-13-24(18,4)22(19)15-23(26)25(20,21)5/h16-23,26H,6-15H2,1-5H3/t16-,17-,18-,19?,20?,21?,22?,23+,24+,25-/m1/s1. The lowest BCUT2D eigenvalue weighted by Gasteiger charge is -2.62. The maximum absolute atomic E-state index is 11.5.